The minimum atomic E-state index is -0.0220. The van der Waals surface area contributed by atoms with Gasteiger partial charge in [-0.2, -0.15) is 0 Å². The molecule has 0 heterocycles. The van der Waals surface area contributed by atoms with E-state index in [0.717, 1.165) is 51.4 Å². The van der Waals surface area contributed by atoms with Gasteiger partial charge in [0, 0.05) is 12.8 Å². The summed E-state index contributed by atoms with van der Waals surface area (Å²) in [5.74, 6) is -0.0440. The fourth-order valence-corrected chi connectivity index (χ4v) is 6.18. The summed E-state index contributed by atoms with van der Waals surface area (Å²) in [6.45, 7) is 5.75. The normalized spacial score (nSPS) is 11.2. The highest BCUT2D eigenvalue weighted by Crippen LogP contribution is 2.15. The second-order valence-electron chi connectivity index (χ2n) is 13.9. The van der Waals surface area contributed by atoms with E-state index in [1.807, 2.05) is 0 Å². The summed E-state index contributed by atoms with van der Waals surface area (Å²) in [6.07, 6.45) is 43.4. The Labute approximate surface area is 282 Å². The average molecular weight is 637 g/mol. The third-order valence-electron chi connectivity index (χ3n) is 9.28. The standard InChI is InChI=1S/C41H80O4/c1-3-5-7-9-11-13-15-17-19-21-26-30-34-38-44-40(42)36-32-28-24-23-25-29-33-37-41(43)45-39-35-31-27-22-20-18-16-14-12-10-8-6-4-2/h3-39H2,1-2H3. The Morgan fingerprint density at radius 3 is 0.733 bits per heavy atom. The summed E-state index contributed by atoms with van der Waals surface area (Å²) in [5.41, 5.74) is 0. The van der Waals surface area contributed by atoms with E-state index in [1.165, 1.54) is 161 Å². The molecule has 0 aromatic heterocycles. The van der Waals surface area contributed by atoms with Crippen molar-refractivity contribution in [2.45, 2.75) is 239 Å². The SMILES string of the molecule is CCCCCCCCCCCCCCCOC(=O)CCCCCCCCCC(=O)OCCCCCCCCCCCCCCC. The number of carbonyl (C=O) groups excluding carboxylic acids is 2. The molecule has 4 heteroatoms. The Hall–Kier alpha value is -1.06. The lowest BCUT2D eigenvalue weighted by molar-refractivity contribution is -0.144. The van der Waals surface area contributed by atoms with E-state index in [-0.39, 0.29) is 11.9 Å². The molecule has 0 saturated carbocycles. The third kappa shape index (κ3) is 39.0. The highest BCUT2D eigenvalue weighted by molar-refractivity contribution is 5.69. The first-order valence-electron chi connectivity index (χ1n) is 20.5. The minimum absolute atomic E-state index is 0.0220. The first kappa shape index (κ1) is 43.9. The molecule has 45 heavy (non-hydrogen) atoms. The van der Waals surface area contributed by atoms with Crippen molar-refractivity contribution in [3.63, 3.8) is 0 Å². The van der Waals surface area contributed by atoms with Gasteiger partial charge in [0.15, 0.2) is 0 Å². The van der Waals surface area contributed by atoms with Crippen LogP contribution < -0.4 is 0 Å². The molecule has 268 valence electrons. The van der Waals surface area contributed by atoms with Crippen LogP contribution in [0.3, 0.4) is 0 Å². The van der Waals surface area contributed by atoms with Gasteiger partial charge in [-0.05, 0) is 25.7 Å². The van der Waals surface area contributed by atoms with Crippen molar-refractivity contribution in [3.05, 3.63) is 0 Å². The Bertz CT molecular complexity index is 540. The van der Waals surface area contributed by atoms with Gasteiger partial charge in [-0.25, -0.2) is 0 Å². The van der Waals surface area contributed by atoms with E-state index in [9.17, 15) is 9.59 Å². The van der Waals surface area contributed by atoms with Crippen LogP contribution in [0.4, 0.5) is 0 Å². The van der Waals surface area contributed by atoms with Crippen molar-refractivity contribution in [1.82, 2.24) is 0 Å². The lowest BCUT2D eigenvalue weighted by Crippen LogP contribution is -2.05. The van der Waals surface area contributed by atoms with Crippen LogP contribution in [0.2, 0.25) is 0 Å². The monoisotopic (exact) mass is 637 g/mol. The van der Waals surface area contributed by atoms with Crippen LogP contribution in [0.25, 0.3) is 0 Å². The first-order chi connectivity index (χ1) is 22.2. The molecular formula is C41H80O4. The molecule has 0 aromatic rings. The van der Waals surface area contributed by atoms with Gasteiger partial charge in [-0.3, -0.25) is 9.59 Å². The van der Waals surface area contributed by atoms with Crippen LogP contribution in [0, 0.1) is 0 Å². The fourth-order valence-electron chi connectivity index (χ4n) is 6.18. The summed E-state index contributed by atoms with van der Waals surface area (Å²) in [4.78, 5) is 23.9. The Morgan fingerprint density at radius 1 is 0.289 bits per heavy atom. The minimum Gasteiger partial charge on any atom is -0.466 e. The van der Waals surface area contributed by atoms with Crippen LogP contribution in [0.15, 0.2) is 0 Å². The third-order valence-corrected chi connectivity index (χ3v) is 9.28. The van der Waals surface area contributed by atoms with Gasteiger partial charge in [0.05, 0.1) is 13.2 Å². The molecule has 0 aliphatic carbocycles. The van der Waals surface area contributed by atoms with Crippen LogP contribution in [0.1, 0.15) is 239 Å². The van der Waals surface area contributed by atoms with Gasteiger partial charge >= 0.3 is 11.9 Å². The molecule has 0 rings (SSSR count). The molecule has 0 saturated heterocycles. The number of unbranched alkanes of at least 4 members (excludes halogenated alkanes) is 30. The molecule has 0 aliphatic rings. The van der Waals surface area contributed by atoms with Crippen molar-refractivity contribution in [3.8, 4) is 0 Å². The van der Waals surface area contributed by atoms with E-state index < -0.39 is 0 Å². The zero-order chi connectivity index (χ0) is 32.7. The average Bonchev–Trinajstić information content (AvgIpc) is 3.04. The van der Waals surface area contributed by atoms with Gasteiger partial charge < -0.3 is 9.47 Å². The molecule has 0 unspecified atom stereocenters. The molecule has 0 amide bonds. The summed E-state index contributed by atoms with van der Waals surface area (Å²) in [6, 6.07) is 0. The predicted molar refractivity (Wildman–Crippen MR) is 195 cm³/mol. The van der Waals surface area contributed by atoms with E-state index >= 15 is 0 Å². The number of esters is 2. The topological polar surface area (TPSA) is 52.6 Å². The molecule has 0 fully saturated rings. The maximum absolute atomic E-state index is 12.0. The second kappa shape index (κ2) is 39.1. The van der Waals surface area contributed by atoms with Gasteiger partial charge in [-0.1, -0.05) is 200 Å². The van der Waals surface area contributed by atoms with Crippen LogP contribution >= 0.6 is 0 Å². The van der Waals surface area contributed by atoms with E-state index in [0.29, 0.717) is 26.1 Å². The van der Waals surface area contributed by atoms with E-state index in [1.54, 1.807) is 0 Å². The molecule has 0 radical (unpaired) electrons. The van der Waals surface area contributed by atoms with Crippen molar-refractivity contribution in [2.75, 3.05) is 13.2 Å². The second-order valence-corrected chi connectivity index (χ2v) is 13.9. The summed E-state index contributed by atoms with van der Waals surface area (Å²) < 4.78 is 10.8. The Kier molecular flexibility index (Phi) is 38.2. The van der Waals surface area contributed by atoms with Crippen LogP contribution in [-0.2, 0) is 19.1 Å². The number of carbonyl (C=O) groups is 2. The maximum atomic E-state index is 12.0. The number of rotatable bonds is 38. The van der Waals surface area contributed by atoms with Gasteiger partial charge in [0.25, 0.3) is 0 Å². The molecule has 0 spiro atoms. The van der Waals surface area contributed by atoms with Crippen molar-refractivity contribution in [1.29, 1.82) is 0 Å². The van der Waals surface area contributed by atoms with Gasteiger partial charge in [-0.15, -0.1) is 0 Å². The van der Waals surface area contributed by atoms with Crippen molar-refractivity contribution in [2.24, 2.45) is 0 Å². The molecule has 4 nitrogen and oxygen atoms in total. The van der Waals surface area contributed by atoms with Crippen molar-refractivity contribution >= 4 is 11.9 Å². The lowest BCUT2D eigenvalue weighted by Gasteiger charge is -2.06. The molecule has 0 atom stereocenters. The largest absolute Gasteiger partial charge is 0.466 e. The molecular weight excluding hydrogens is 556 g/mol. The Morgan fingerprint density at radius 2 is 0.489 bits per heavy atom. The summed E-state index contributed by atoms with van der Waals surface area (Å²) >= 11 is 0. The first-order valence-corrected chi connectivity index (χ1v) is 20.5. The number of hydrogen-bond acceptors (Lipinski definition) is 4. The quantitative estimate of drug-likeness (QED) is 0.0500. The zero-order valence-electron chi connectivity index (χ0n) is 30.8. The van der Waals surface area contributed by atoms with E-state index in [2.05, 4.69) is 13.8 Å². The summed E-state index contributed by atoms with van der Waals surface area (Å²) in [5, 5.41) is 0. The fraction of sp³-hybridized carbons (Fsp3) is 0.951. The van der Waals surface area contributed by atoms with Gasteiger partial charge in [0.2, 0.25) is 0 Å². The zero-order valence-corrected chi connectivity index (χ0v) is 30.8. The highest BCUT2D eigenvalue weighted by Gasteiger charge is 2.04. The van der Waals surface area contributed by atoms with Crippen LogP contribution in [0.5, 0.6) is 0 Å². The smallest absolute Gasteiger partial charge is 0.305 e. The Balaban J connectivity index is 3.24. The van der Waals surface area contributed by atoms with Crippen molar-refractivity contribution < 1.29 is 19.1 Å². The lowest BCUT2D eigenvalue weighted by atomic mass is 10.0. The maximum Gasteiger partial charge on any atom is 0.305 e. The highest BCUT2D eigenvalue weighted by atomic mass is 16.5. The molecule has 0 N–H and O–H groups in total. The summed E-state index contributed by atoms with van der Waals surface area (Å²) in [7, 11) is 0. The van der Waals surface area contributed by atoms with E-state index in [4.69, 9.17) is 9.47 Å². The number of ether oxygens (including phenoxy) is 2. The molecule has 0 aliphatic heterocycles. The molecule has 0 bridgehead atoms. The molecule has 0 aromatic carbocycles. The predicted octanol–water partition coefficient (Wildman–Crippen LogP) is 13.8. The van der Waals surface area contributed by atoms with Gasteiger partial charge in [0.1, 0.15) is 0 Å². The number of hydrogen-bond donors (Lipinski definition) is 0. The van der Waals surface area contributed by atoms with Crippen LogP contribution in [-0.4, -0.2) is 25.2 Å².